The molecule has 0 aliphatic heterocycles. The Balaban J connectivity index is 1.49. The van der Waals surface area contributed by atoms with Crippen LogP contribution in [0.15, 0.2) is 28.8 Å². The zero-order valence-corrected chi connectivity index (χ0v) is 15.0. The largest absolute Gasteiger partial charge is 0.481 e. The van der Waals surface area contributed by atoms with Gasteiger partial charge in [0.25, 0.3) is 5.91 Å². The van der Waals surface area contributed by atoms with E-state index in [9.17, 15) is 4.79 Å². The molecule has 1 aliphatic carbocycles. The van der Waals surface area contributed by atoms with Crippen LogP contribution in [0.2, 0.25) is 5.02 Å². The summed E-state index contributed by atoms with van der Waals surface area (Å²) >= 11 is 5.91. The molecule has 0 unspecified atom stereocenters. The highest BCUT2D eigenvalue weighted by atomic mass is 35.5. The topological polar surface area (TPSA) is 77.2 Å². The molecule has 3 rings (SSSR count). The van der Waals surface area contributed by atoms with E-state index in [0.717, 1.165) is 12.8 Å². The summed E-state index contributed by atoms with van der Waals surface area (Å²) in [7, 11) is 0. The van der Waals surface area contributed by atoms with Crippen molar-refractivity contribution in [1.82, 2.24) is 15.5 Å². The summed E-state index contributed by atoms with van der Waals surface area (Å²) in [6.07, 6.45) is 5.23. The van der Waals surface area contributed by atoms with E-state index >= 15 is 0 Å². The van der Waals surface area contributed by atoms with E-state index in [1.54, 1.807) is 31.2 Å². The van der Waals surface area contributed by atoms with Gasteiger partial charge < -0.3 is 14.6 Å². The first-order valence-corrected chi connectivity index (χ1v) is 9.02. The summed E-state index contributed by atoms with van der Waals surface area (Å²) in [5.41, 5.74) is 0. The van der Waals surface area contributed by atoms with Crippen LogP contribution in [0.3, 0.4) is 0 Å². The lowest BCUT2D eigenvalue weighted by Gasteiger charge is -2.17. The first-order chi connectivity index (χ1) is 12.1. The molecule has 25 heavy (non-hydrogen) atoms. The van der Waals surface area contributed by atoms with Crippen LogP contribution < -0.4 is 10.1 Å². The van der Waals surface area contributed by atoms with E-state index in [1.165, 1.54) is 19.3 Å². The van der Waals surface area contributed by atoms with Crippen LogP contribution in [-0.2, 0) is 11.3 Å². The quantitative estimate of drug-likeness (QED) is 0.843. The summed E-state index contributed by atoms with van der Waals surface area (Å²) in [5.74, 6) is 1.84. The van der Waals surface area contributed by atoms with Crippen molar-refractivity contribution in [2.45, 2.75) is 57.6 Å². The first-order valence-electron chi connectivity index (χ1n) is 8.64. The second-order valence-corrected chi connectivity index (χ2v) is 6.76. The van der Waals surface area contributed by atoms with Gasteiger partial charge in [0.15, 0.2) is 11.9 Å². The van der Waals surface area contributed by atoms with Gasteiger partial charge in [0, 0.05) is 10.9 Å². The SMILES string of the molecule is C[C@H](Oc1cccc(Cl)c1)C(=O)NCc1noc(C2CCCCC2)n1. The van der Waals surface area contributed by atoms with Gasteiger partial charge in [0.2, 0.25) is 5.89 Å². The van der Waals surface area contributed by atoms with Crippen LogP contribution in [0.25, 0.3) is 0 Å². The zero-order valence-electron chi connectivity index (χ0n) is 14.2. The monoisotopic (exact) mass is 363 g/mol. The van der Waals surface area contributed by atoms with Gasteiger partial charge in [-0.1, -0.05) is 42.1 Å². The van der Waals surface area contributed by atoms with Gasteiger partial charge >= 0.3 is 0 Å². The minimum atomic E-state index is -0.650. The summed E-state index contributed by atoms with van der Waals surface area (Å²) in [5, 5.41) is 7.29. The van der Waals surface area contributed by atoms with Crippen molar-refractivity contribution in [3.8, 4) is 5.75 Å². The van der Waals surface area contributed by atoms with Crippen LogP contribution >= 0.6 is 11.6 Å². The molecule has 1 atom stereocenters. The fraction of sp³-hybridized carbons (Fsp3) is 0.500. The highest BCUT2D eigenvalue weighted by Gasteiger charge is 2.22. The minimum Gasteiger partial charge on any atom is -0.481 e. The zero-order chi connectivity index (χ0) is 17.6. The van der Waals surface area contributed by atoms with Gasteiger partial charge in [-0.05, 0) is 38.0 Å². The summed E-state index contributed by atoms with van der Waals surface area (Å²) in [6, 6.07) is 6.94. The Labute approximate surface area is 151 Å². The number of carbonyl (C=O) groups excluding carboxylic acids is 1. The van der Waals surface area contributed by atoms with Crippen molar-refractivity contribution in [1.29, 1.82) is 0 Å². The van der Waals surface area contributed by atoms with E-state index < -0.39 is 6.10 Å². The maximum Gasteiger partial charge on any atom is 0.261 e. The molecule has 1 aromatic heterocycles. The number of benzene rings is 1. The van der Waals surface area contributed by atoms with Gasteiger partial charge in [-0.25, -0.2) is 0 Å². The molecule has 0 radical (unpaired) electrons. The fourth-order valence-corrected chi connectivity index (χ4v) is 3.14. The normalized spacial score (nSPS) is 16.4. The number of carbonyl (C=O) groups is 1. The average molecular weight is 364 g/mol. The predicted molar refractivity (Wildman–Crippen MR) is 93.5 cm³/mol. The van der Waals surface area contributed by atoms with Gasteiger partial charge in [-0.2, -0.15) is 4.98 Å². The fourth-order valence-electron chi connectivity index (χ4n) is 2.96. The standard InChI is InChI=1S/C18H22ClN3O3/c1-12(24-15-9-5-8-14(19)10-15)17(23)20-11-16-21-18(25-22-16)13-6-3-2-4-7-13/h5,8-10,12-13H,2-4,6-7,11H2,1H3,(H,20,23)/t12-/m0/s1. The number of amides is 1. The molecule has 1 fully saturated rings. The van der Waals surface area contributed by atoms with E-state index in [2.05, 4.69) is 15.5 Å². The number of hydrogen-bond acceptors (Lipinski definition) is 5. The predicted octanol–water partition coefficient (Wildman–Crippen LogP) is 3.85. The van der Waals surface area contributed by atoms with Crippen molar-refractivity contribution in [2.24, 2.45) is 0 Å². The van der Waals surface area contributed by atoms with Crippen molar-refractivity contribution in [2.75, 3.05) is 0 Å². The number of ether oxygens (including phenoxy) is 1. The van der Waals surface area contributed by atoms with E-state index in [1.807, 2.05) is 0 Å². The maximum absolute atomic E-state index is 12.2. The maximum atomic E-state index is 12.2. The lowest BCUT2D eigenvalue weighted by Crippen LogP contribution is -2.36. The average Bonchev–Trinajstić information content (AvgIpc) is 3.09. The molecule has 1 N–H and O–H groups in total. The number of halogens is 1. The van der Waals surface area contributed by atoms with Crippen molar-refractivity contribution in [3.05, 3.63) is 41.0 Å². The smallest absolute Gasteiger partial charge is 0.261 e. The molecule has 6 nitrogen and oxygen atoms in total. The minimum absolute atomic E-state index is 0.221. The van der Waals surface area contributed by atoms with E-state index in [4.69, 9.17) is 20.9 Å². The van der Waals surface area contributed by atoms with Gasteiger partial charge in [-0.3, -0.25) is 4.79 Å². The van der Waals surface area contributed by atoms with Crippen LogP contribution in [0.4, 0.5) is 0 Å². The van der Waals surface area contributed by atoms with Gasteiger partial charge in [0.05, 0.1) is 6.54 Å². The Morgan fingerprint density at radius 3 is 2.96 bits per heavy atom. The lowest BCUT2D eigenvalue weighted by atomic mass is 9.89. The van der Waals surface area contributed by atoms with Crippen molar-refractivity contribution < 1.29 is 14.1 Å². The molecule has 134 valence electrons. The molecule has 1 aliphatic rings. The Bertz CT molecular complexity index is 713. The van der Waals surface area contributed by atoms with Crippen molar-refractivity contribution in [3.63, 3.8) is 0 Å². The summed E-state index contributed by atoms with van der Waals surface area (Å²) < 4.78 is 10.9. The Kier molecular flexibility index (Phi) is 5.91. The molecule has 1 aromatic carbocycles. The second kappa shape index (κ2) is 8.34. The number of hydrogen-bond donors (Lipinski definition) is 1. The van der Waals surface area contributed by atoms with E-state index in [0.29, 0.717) is 28.4 Å². The van der Waals surface area contributed by atoms with Crippen LogP contribution in [0.5, 0.6) is 5.75 Å². The highest BCUT2D eigenvalue weighted by Crippen LogP contribution is 2.31. The molecule has 1 heterocycles. The first kappa shape index (κ1) is 17.7. The third kappa shape index (κ3) is 4.95. The lowest BCUT2D eigenvalue weighted by molar-refractivity contribution is -0.127. The van der Waals surface area contributed by atoms with Crippen molar-refractivity contribution >= 4 is 17.5 Å². The third-order valence-electron chi connectivity index (χ3n) is 4.34. The molecule has 0 spiro atoms. The molecule has 2 aromatic rings. The number of aromatic nitrogens is 2. The summed E-state index contributed by atoms with van der Waals surface area (Å²) in [6.45, 7) is 1.90. The van der Waals surface area contributed by atoms with Crippen LogP contribution in [-0.4, -0.2) is 22.2 Å². The molecule has 1 saturated carbocycles. The molecular formula is C18H22ClN3O3. The second-order valence-electron chi connectivity index (χ2n) is 6.32. The van der Waals surface area contributed by atoms with Crippen LogP contribution in [0.1, 0.15) is 56.7 Å². The van der Waals surface area contributed by atoms with Gasteiger partial charge in [-0.15, -0.1) is 0 Å². The molecule has 0 bridgehead atoms. The molecular weight excluding hydrogens is 342 g/mol. The molecule has 0 saturated heterocycles. The van der Waals surface area contributed by atoms with Crippen LogP contribution in [0, 0.1) is 0 Å². The van der Waals surface area contributed by atoms with Gasteiger partial charge in [0.1, 0.15) is 5.75 Å². The Morgan fingerprint density at radius 1 is 1.40 bits per heavy atom. The molecule has 7 heteroatoms. The number of nitrogens with one attached hydrogen (secondary N) is 1. The van der Waals surface area contributed by atoms with E-state index in [-0.39, 0.29) is 12.5 Å². The Hall–Kier alpha value is -2.08. The molecule has 1 amide bonds. The summed E-state index contributed by atoms with van der Waals surface area (Å²) in [4.78, 5) is 16.6. The highest BCUT2D eigenvalue weighted by molar-refractivity contribution is 6.30. The Morgan fingerprint density at radius 2 is 2.20 bits per heavy atom. The number of nitrogens with zero attached hydrogens (tertiary/aromatic N) is 2. The third-order valence-corrected chi connectivity index (χ3v) is 4.57. The number of rotatable bonds is 6.